The first-order valence-corrected chi connectivity index (χ1v) is 8.25. The number of amides is 1. The maximum absolute atomic E-state index is 13.8. The van der Waals surface area contributed by atoms with Gasteiger partial charge in [0.25, 0.3) is 5.91 Å². The number of aliphatic hydroxyl groups excluding tert-OH is 1. The lowest BCUT2D eigenvalue weighted by Gasteiger charge is -2.14. The molecule has 0 aliphatic carbocycles. The molecule has 1 atom stereocenters. The molecule has 1 unspecified atom stereocenters. The fourth-order valence-electron chi connectivity index (χ4n) is 1.89. The number of nitrogens with one attached hydrogen (secondary N) is 1. The Morgan fingerprint density at radius 1 is 1.25 bits per heavy atom. The molecule has 0 radical (unpaired) electrons. The van der Waals surface area contributed by atoms with E-state index in [-0.39, 0.29) is 18.7 Å². The van der Waals surface area contributed by atoms with Crippen LogP contribution in [0.1, 0.15) is 10.4 Å². The van der Waals surface area contributed by atoms with Crippen molar-refractivity contribution in [2.24, 2.45) is 0 Å². The molecule has 0 saturated carbocycles. The van der Waals surface area contributed by atoms with Gasteiger partial charge in [-0.25, -0.2) is 4.39 Å². The van der Waals surface area contributed by atoms with Crippen LogP contribution in [0, 0.1) is 9.39 Å². The van der Waals surface area contributed by atoms with Crippen LogP contribution in [0.5, 0.6) is 11.5 Å². The zero-order chi connectivity index (χ0) is 17.5. The summed E-state index contributed by atoms with van der Waals surface area (Å²) in [5.41, 5.74) is -0.110. The summed E-state index contributed by atoms with van der Waals surface area (Å²) in [4.78, 5) is 11.9. The predicted molar refractivity (Wildman–Crippen MR) is 95.9 cm³/mol. The lowest BCUT2D eigenvalue weighted by Crippen LogP contribution is -2.35. The van der Waals surface area contributed by atoms with Crippen molar-refractivity contribution in [2.75, 3.05) is 20.3 Å². The highest BCUT2D eigenvalue weighted by molar-refractivity contribution is 14.1. The van der Waals surface area contributed by atoms with Crippen LogP contribution in [0.2, 0.25) is 0 Å². The van der Waals surface area contributed by atoms with Crippen LogP contribution in [-0.2, 0) is 0 Å². The van der Waals surface area contributed by atoms with Crippen LogP contribution >= 0.6 is 22.6 Å². The van der Waals surface area contributed by atoms with E-state index in [0.717, 1.165) is 9.64 Å². The van der Waals surface area contributed by atoms with Gasteiger partial charge in [0.2, 0.25) is 0 Å². The Kier molecular flexibility index (Phi) is 6.80. The normalized spacial score (nSPS) is 11.7. The second kappa shape index (κ2) is 8.84. The minimum Gasteiger partial charge on any atom is -0.497 e. The fraction of sp³-hybridized carbons (Fsp3) is 0.235. The van der Waals surface area contributed by atoms with Crippen molar-refractivity contribution in [2.45, 2.75) is 6.10 Å². The Morgan fingerprint density at radius 2 is 1.92 bits per heavy atom. The van der Waals surface area contributed by atoms with Gasteiger partial charge in [0, 0.05) is 16.2 Å². The van der Waals surface area contributed by atoms with E-state index >= 15 is 0 Å². The van der Waals surface area contributed by atoms with E-state index in [1.807, 2.05) is 12.1 Å². The summed E-state index contributed by atoms with van der Waals surface area (Å²) in [5.74, 6) is -0.336. The number of halogens is 2. The lowest BCUT2D eigenvalue weighted by atomic mass is 10.2. The maximum Gasteiger partial charge on any atom is 0.254 e. The van der Waals surface area contributed by atoms with Crippen molar-refractivity contribution in [3.8, 4) is 11.5 Å². The van der Waals surface area contributed by atoms with Crippen molar-refractivity contribution < 1.29 is 23.8 Å². The van der Waals surface area contributed by atoms with E-state index in [9.17, 15) is 14.3 Å². The van der Waals surface area contributed by atoms with Gasteiger partial charge in [0.15, 0.2) is 0 Å². The Labute approximate surface area is 152 Å². The molecule has 2 rings (SSSR count). The van der Waals surface area contributed by atoms with Gasteiger partial charge < -0.3 is 19.9 Å². The number of hydrogen-bond donors (Lipinski definition) is 2. The first-order chi connectivity index (χ1) is 11.5. The van der Waals surface area contributed by atoms with E-state index in [2.05, 4.69) is 27.9 Å². The molecule has 2 aromatic rings. The molecular formula is C17H17FINO4. The molecule has 7 heteroatoms. The van der Waals surface area contributed by atoms with Crippen LogP contribution in [0.3, 0.4) is 0 Å². The van der Waals surface area contributed by atoms with Crippen LogP contribution in [-0.4, -0.2) is 37.4 Å². The summed E-state index contributed by atoms with van der Waals surface area (Å²) in [5, 5.41) is 12.3. The highest BCUT2D eigenvalue weighted by Gasteiger charge is 2.14. The second-order valence-corrected chi connectivity index (χ2v) is 6.22. The standard InChI is InChI=1S/C17H17FINO4/c1-23-14-6-7-15(16(18)8-14)17(22)20-9-12(21)10-24-13-4-2-11(19)3-5-13/h2-8,12,21H,9-10H2,1H3,(H,20,22). The summed E-state index contributed by atoms with van der Waals surface area (Å²) in [7, 11) is 1.42. The fourth-order valence-corrected chi connectivity index (χ4v) is 2.25. The molecule has 24 heavy (non-hydrogen) atoms. The molecule has 2 aromatic carbocycles. The molecule has 0 spiro atoms. The second-order valence-electron chi connectivity index (χ2n) is 4.97. The first-order valence-electron chi connectivity index (χ1n) is 7.17. The van der Waals surface area contributed by atoms with E-state index in [1.54, 1.807) is 12.1 Å². The number of benzene rings is 2. The predicted octanol–water partition coefficient (Wildman–Crippen LogP) is 2.61. The Bertz CT molecular complexity index is 693. The van der Waals surface area contributed by atoms with Gasteiger partial charge in [-0.3, -0.25) is 4.79 Å². The third-order valence-corrected chi connectivity index (χ3v) is 3.89. The molecular weight excluding hydrogens is 428 g/mol. The van der Waals surface area contributed by atoms with E-state index in [0.29, 0.717) is 11.5 Å². The largest absolute Gasteiger partial charge is 0.497 e. The maximum atomic E-state index is 13.8. The topological polar surface area (TPSA) is 67.8 Å². The van der Waals surface area contributed by atoms with Gasteiger partial charge in [-0.2, -0.15) is 0 Å². The van der Waals surface area contributed by atoms with Crippen LogP contribution in [0.15, 0.2) is 42.5 Å². The number of aliphatic hydroxyl groups is 1. The smallest absolute Gasteiger partial charge is 0.254 e. The molecule has 0 heterocycles. The SMILES string of the molecule is COc1ccc(C(=O)NCC(O)COc2ccc(I)cc2)c(F)c1. The zero-order valence-corrected chi connectivity index (χ0v) is 15.1. The number of ether oxygens (including phenoxy) is 2. The minimum atomic E-state index is -0.908. The summed E-state index contributed by atoms with van der Waals surface area (Å²) in [6.45, 7) is -0.0271. The molecule has 1 amide bonds. The molecule has 0 fully saturated rings. The van der Waals surface area contributed by atoms with Gasteiger partial charge >= 0.3 is 0 Å². The number of carbonyl (C=O) groups is 1. The molecule has 5 nitrogen and oxygen atoms in total. The number of rotatable bonds is 7. The number of carbonyl (C=O) groups excluding carboxylic acids is 1. The summed E-state index contributed by atoms with van der Waals surface area (Å²) in [6.07, 6.45) is -0.908. The quantitative estimate of drug-likeness (QED) is 0.644. The summed E-state index contributed by atoms with van der Waals surface area (Å²) >= 11 is 2.18. The average molecular weight is 445 g/mol. The van der Waals surface area contributed by atoms with Gasteiger partial charge in [0.05, 0.1) is 12.7 Å². The van der Waals surface area contributed by atoms with Crippen LogP contribution in [0.25, 0.3) is 0 Å². The Morgan fingerprint density at radius 3 is 2.54 bits per heavy atom. The lowest BCUT2D eigenvalue weighted by molar-refractivity contribution is 0.0840. The Hall–Kier alpha value is -1.87. The van der Waals surface area contributed by atoms with Gasteiger partial charge in [-0.05, 0) is 59.0 Å². The minimum absolute atomic E-state index is 0.0198. The molecule has 0 aromatic heterocycles. The van der Waals surface area contributed by atoms with Crippen LogP contribution in [0.4, 0.5) is 4.39 Å². The van der Waals surface area contributed by atoms with Gasteiger partial charge in [0.1, 0.15) is 30.0 Å². The monoisotopic (exact) mass is 445 g/mol. The van der Waals surface area contributed by atoms with Crippen molar-refractivity contribution in [3.63, 3.8) is 0 Å². The summed E-state index contributed by atoms with van der Waals surface area (Å²) in [6, 6.07) is 11.3. The average Bonchev–Trinajstić information content (AvgIpc) is 2.59. The molecule has 0 aliphatic heterocycles. The van der Waals surface area contributed by atoms with Crippen molar-refractivity contribution in [3.05, 3.63) is 57.4 Å². The van der Waals surface area contributed by atoms with Crippen molar-refractivity contribution in [1.82, 2.24) is 5.32 Å². The third-order valence-electron chi connectivity index (χ3n) is 3.18. The van der Waals surface area contributed by atoms with Crippen LogP contribution < -0.4 is 14.8 Å². The third kappa shape index (κ3) is 5.34. The highest BCUT2D eigenvalue weighted by atomic mass is 127. The summed E-state index contributed by atoms with van der Waals surface area (Å²) < 4.78 is 25.2. The highest BCUT2D eigenvalue weighted by Crippen LogP contribution is 2.16. The van der Waals surface area contributed by atoms with E-state index in [4.69, 9.17) is 9.47 Å². The van der Waals surface area contributed by atoms with E-state index < -0.39 is 17.8 Å². The molecule has 0 saturated heterocycles. The van der Waals surface area contributed by atoms with Crippen molar-refractivity contribution >= 4 is 28.5 Å². The number of hydrogen-bond acceptors (Lipinski definition) is 4. The Balaban J connectivity index is 1.81. The van der Waals surface area contributed by atoms with Gasteiger partial charge in [-0.15, -0.1) is 0 Å². The molecule has 2 N–H and O–H groups in total. The molecule has 0 bridgehead atoms. The molecule has 0 aliphatic rings. The zero-order valence-electron chi connectivity index (χ0n) is 13.0. The van der Waals surface area contributed by atoms with E-state index in [1.165, 1.54) is 19.2 Å². The first kappa shape index (κ1) is 18.5. The molecule has 128 valence electrons. The number of methoxy groups -OCH3 is 1. The van der Waals surface area contributed by atoms with Crippen molar-refractivity contribution in [1.29, 1.82) is 0 Å². The van der Waals surface area contributed by atoms with Gasteiger partial charge in [-0.1, -0.05) is 0 Å².